The molecule has 29 heavy (non-hydrogen) atoms. The predicted molar refractivity (Wildman–Crippen MR) is 105 cm³/mol. The highest BCUT2D eigenvalue weighted by molar-refractivity contribution is 5.94. The molecule has 0 fully saturated rings. The van der Waals surface area contributed by atoms with E-state index in [0.29, 0.717) is 13.2 Å². The molecular weight excluding hydrogens is 373 g/mol. The van der Waals surface area contributed by atoms with Crippen molar-refractivity contribution in [3.8, 4) is 5.75 Å². The fraction of sp³-hybridized carbons (Fsp3) is 0.273. The van der Waals surface area contributed by atoms with Crippen LogP contribution >= 0.6 is 0 Å². The van der Waals surface area contributed by atoms with E-state index in [9.17, 15) is 9.18 Å². The number of carbonyl (C=O) groups excluding carboxylic acids is 1. The zero-order valence-corrected chi connectivity index (χ0v) is 16.1. The lowest BCUT2D eigenvalue weighted by Crippen LogP contribution is -2.32. The fourth-order valence-electron chi connectivity index (χ4n) is 3.43. The molecule has 2 heterocycles. The van der Waals surface area contributed by atoms with Crippen LogP contribution < -0.4 is 10.1 Å². The van der Waals surface area contributed by atoms with Gasteiger partial charge >= 0.3 is 0 Å². The van der Waals surface area contributed by atoms with E-state index in [4.69, 9.17) is 9.47 Å². The van der Waals surface area contributed by atoms with Crippen molar-refractivity contribution in [3.63, 3.8) is 0 Å². The largest absolute Gasteiger partial charge is 0.494 e. The van der Waals surface area contributed by atoms with Crippen molar-refractivity contribution in [1.29, 1.82) is 0 Å². The fourth-order valence-corrected chi connectivity index (χ4v) is 3.43. The summed E-state index contributed by atoms with van der Waals surface area (Å²) in [6.45, 7) is 1.52. The van der Waals surface area contributed by atoms with Crippen LogP contribution in [0.15, 0.2) is 54.7 Å². The van der Waals surface area contributed by atoms with Gasteiger partial charge in [-0.25, -0.2) is 4.39 Å². The lowest BCUT2D eigenvalue weighted by Gasteiger charge is -2.22. The maximum atomic E-state index is 13.8. The Hall–Kier alpha value is -3.19. The van der Waals surface area contributed by atoms with Gasteiger partial charge in [0.05, 0.1) is 26.0 Å². The first-order valence-electron chi connectivity index (χ1n) is 9.47. The van der Waals surface area contributed by atoms with Gasteiger partial charge in [-0.05, 0) is 35.7 Å². The Labute approximate surface area is 168 Å². The molecule has 150 valence electrons. The third kappa shape index (κ3) is 4.30. The van der Waals surface area contributed by atoms with E-state index < -0.39 is 5.82 Å². The molecule has 1 aromatic heterocycles. The topological polar surface area (TPSA) is 65.4 Å². The van der Waals surface area contributed by atoms with Crippen LogP contribution in [0, 0.1) is 5.82 Å². The average molecular weight is 395 g/mol. The monoisotopic (exact) mass is 395 g/mol. The number of carbonyl (C=O) groups is 1. The zero-order valence-electron chi connectivity index (χ0n) is 16.1. The van der Waals surface area contributed by atoms with Gasteiger partial charge in [0.15, 0.2) is 11.6 Å². The molecule has 2 aromatic carbocycles. The third-order valence-electron chi connectivity index (χ3n) is 4.91. The minimum atomic E-state index is -0.573. The zero-order chi connectivity index (χ0) is 20.2. The molecular formula is C22H22FN3O3. The maximum Gasteiger partial charge on any atom is 0.251 e. The molecule has 6 nitrogen and oxygen atoms in total. The Morgan fingerprint density at radius 1 is 1.31 bits per heavy atom. The summed E-state index contributed by atoms with van der Waals surface area (Å²) in [4.78, 5) is 12.4. The summed E-state index contributed by atoms with van der Waals surface area (Å²) in [6.07, 6.45) is 2.50. The van der Waals surface area contributed by atoms with Crippen molar-refractivity contribution in [3.05, 3.63) is 82.9 Å². The lowest BCUT2D eigenvalue weighted by atomic mass is 10.1. The van der Waals surface area contributed by atoms with E-state index in [-0.39, 0.29) is 29.9 Å². The summed E-state index contributed by atoms with van der Waals surface area (Å²) in [5.41, 5.74) is 3.36. The van der Waals surface area contributed by atoms with Gasteiger partial charge in [0.25, 0.3) is 5.91 Å². The first kappa shape index (κ1) is 19.1. The first-order chi connectivity index (χ1) is 14.1. The maximum absolute atomic E-state index is 13.8. The van der Waals surface area contributed by atoms with E-state index in [2.05, 4.69) is 22.5 Å². The van der Waals surface area contributed by atoms with Crippen LogP contribution in [0.5, 0.6) is 5.75 Å². The number of ether oxygens (including phenoxy) is 2. The van der Waals surface area contributed by atoms with Crippen molar-refractivity contribution < 1.29 is 18.7 Å². The number of benzene rings is 2. The van der Waals surface area contributed by atoms with Crippen molar-refractivity contribution >= 4 is 5.91 Å². The number of hydrogen-bond acceptors (Lipinski definition) is 4. The van der Waals surface area contributed by atoms with Gasteiger partial charge in [-0.15, -0.1) is 0 Å². The molecule has 1 aliphatic heterocycles. The van der Waals surface area contributed by atoms with Gasteiger partial charge in [-0.2, -0.15) is 5.10 Å². The second kappa shape index (κ2) is 8.45. The van der Waals surface area contributed by atoms with Gasteiger partial charge in [0.2, 0.25) is 0 Å². The van der Waals surface area contributed by atoms with Crippen molar-refractivity contribution in [2.75, 3.05) is 20.3 Å². The van der Waals surface area contributed by atoms with E-state index in [1.807, 2.05) is 29.1 Å². The number of aromatic nitrogens is 2. The molecule has 1 aliphatic rings. The first-order valence-corrected chi connectivity index (χ1v) is 9.47. The molecule has 4 rings (SSSR count). The molecule has 0 spiro atoms. The molecule has 0 bridgehead atoms. The van der Waals surface area contributed by atoms with Crippen LogP contribution in [-0.4, -0.2) is 35.9 Å². The predicted octanol–water partition coefficient (Wildman–Crippen LogP) is 3.12. The lowest BCUT2D eigenvalue weighted by molar-refractivity contribution is 0.0383. The van der Waals surface area contributed by atoms with E-state index in [0.717, 1.165) is 23.7 Å². The average Bonchev–Trinajstić information content (AvgIpc) is 3.15. The molecule has 1 atom stereocenters. The number of amides is 1. The third-order valence-corrected chi connectivity index (χ3v) is 4.91. The van der Waals surface area contributed by atoms with Gasteiger partial charge in [0, 0.05) is 18.3 Å². The summed E-state index contributed by atoms with van der Waals surface area (Å²) >= 11 is 0. The van der Waals surface area contributed by atoms with Crippen LogP contribution in [0.1, 0.15) is 33.3 Å². The van der Waals surface area contributed by atoms with Crippen LogP contribution in [0.4, 0.5) is 4.39 Å². The summed E-state index contributed by atoms with van der Waals surface area (Å²) in [5, 5.41) is 7.49. The number of halogens is 1. The molecule has 7 heteroatoms. The number of methoxy groups -OCH3 is 1. The highest BCUT2D eigenvalue weighted by Gasteiger charge is 2.25. The van der Waals surface area contributed by atoms with Crippen molar-refractivity contribution in [2.24, 2.45) is 0 Å². The van der Waals surface area contributed by atoms with Crippen LogP contribution in [0.3, 0.4) is 0 Å². The van der Waals surface area contributed by atoms with E-state index in [1.54, 1.807) is 0 Å². The molecule has 1 amide bonds. The van der Waals surface area contributed by atoms with E-state index in [1.165, 1.54) is 24.8 Å². The SMILES string of the molecule is COc1ccc(C(=O)NC[C@H]2OCCc3cn(Cc4ccccc4)nc32)cc1F. The minimum Gasteiger partial charge on any atom is -0.494 e. The summed E-state index contributed by atoms with van der Waals surface area (Å²) in [6, 6.07) is 14.2. The Kier molecular flexibility index (Phi) is 5.57. The molecule has 0 unspecified atom stereocenters. The number of fused-ring (bicyclic) bond motifs is 1. The molecule has 0 saturated carbocycles. The van der Waals surface area contributed by atoms with Crippen LogP contribution in [-0.2, 0) is 17.7 Å². The van der Waals surface area contributed by atoms with Crippen molar-refractivity contribution in [2.45, 2.75) is 19.1 Å². The highest BCUT2D eigenvalue weighted by atomic mass is 19.1. The standard InChI is InChI=1S/C22H22FN3O3/c1-28-19-8-7-16(11-18(19)23)22(27)24-12-20-21-17(9-10-29-20)14-26(25-21)13-15-5-3-2-4-6-15/h2-8,11,14,20H,9-10,12-13H2,1H3,(H,24,27)/t20-/m1/s1. The van der Waals surface area contributed by atoms with Gasteiger partial charge in [-0.3, -0.25) is 9.48 Å². The Morgan fingerprint density at radius 2 is 2.14 bits per heavy atom. The second-order valence-electron chi connectivity index (χ2n) is 6.89. The molecule has 3 aromatic rings. The normalized spacial score (nSPS) is 15.6. The van der Waals surface area contributed by atoms with Gasteiger partial charge < -0.3 is 14.8 Å². The number of hydrogen-bond donors (Lipinski definition) is 1. The number of rotatable bonds is 6. The molecule has 1 N–H and O–H groups in total. The summed E-state index contributed by atoms with van der Waals surface area (Å²) < 4.78 is 26.5. The smallest absolute Gasteiger partial charge is 0.251 e. The summed E-state index contributed by atoms with van der Waals surface area (Å²) in [5.74, 6) is -0.840. The number of nitrogens with one attached hydrogen (secondary N) is 1. The van der Waals surface area contributed by atoms with Gasteiger partial charge in [-0.1, -0.05) is 30.3 Å². The molecule has 0 aliphatic carbocycles. The minimum absolute atomic E-state index is 0.103. The van der Waals surface area contributed by atoms with Crippen LogP contribution in [0.2, 0.25) is 0 Å². The Balaban J connectivity index is 1.43. The Bertz CT molecular complexity index is 1000. The van der Waals surface area contributed by atoms with Gasteiger partial charge in [0.1, 0.15) is 6.10 Å². The molecule has 0 saturated heterocycles. The Morgan fingerprint density at radius 3 is 2.90 bits per heavy atom. The second-order valence-corrected chi connectivity index (χ2v) is 6.89. The number of nitrogens with zero attached hydrogens (tertiary/aromatic N) is 2. The van der Waals surface area contributed by atoms with Crippen LogP contribution in [0.25, 0.3) is 0 Å². The summed E-state index contributed by atoms with van der Waals surface area (Å²) in [7, 11) is 1.38. The highest BCUT2D eigenvalue weighted by Crippen LogP contribution is 2.26. The quantitative estimate of drug-likeness (QED) is 0.697. The van der Waals surface area contributed by atoms with E-state index >= 15 is 0 Å². The molecule has 0 radical (unpaired) electrons. The van der Waals surface area contributed by atoms with Crippen molar-refractivity contribution in [1.82, 2.24) is 15.1 Å².